The largest absolute Gasteiger partial charge is 0.507 e. The molecule has 2 N–H and O–H groups in total. The summed E-state index contributed by atoms with van der Waals surface area (Å²) >= 11 is 0. The van der Waals surface area contributed by atoms with Crippen molar-refractivity contribution in [3.8, 4) is 5.75 Å². The van der Waals surface area contributed by atoms with Crippen LogP contribution in [0, 0.1) is 6.92 Å². The van der Waals surface area contributed by atoms with Crippen LogP contribution in [-0.2, 0) is 16.1 Å². The molecule has 1 aliphatic rings. The molecule has 0 saturated carbocycles. The molecule has 2 heterocycles. The number of ether oxygens (including phenoxy) is 1. The fourth-order valence-electron chi connectivity index (χ4n) is 4.14. The van der Waals surface area contributed by atoms with E-state index < -0.39 is 17.7 Å². The van der Waals surface area contributed by atoms with Gasteiger partial charge in [0.1, 0.15) is 30.5 Å². The molecule has 34 heavy (non-hydrogen) atoms. The predicted molar refractivity (Wildman–Crippen MR) is 128 cm³/mol. The molecule has 0 aliphatic carbocycles. The van der Waals surface area contributed by atoms with Crippen molar-refractivity contribution in [1.29, 1.82) is 0 Å². The van der Waals surface area contributed by atoms with Crippen LogP contribution in [0.3, 0.4) is 0 Å². The highest BCUT2D eigenvalue weighted by atomic mass is 16.5. The van der Waals surface area contributed by atoms with E-state index in [1.165, 1.54) is 0 Å². The number of likely N-dealkylation sites (tertiary alicyclic amines) is 1. The highest BCUT2D eigenvalue weighted by molar-refractivity contribution is 6.46. The minimum absolute atomic E-state index is 0.0871. The number of aryl methyl sites for hydroxylation is 2. The second-order valence-electron chi connectivity index (χ2n) is 8.23. The average Bonchev–Trinajstić information content (AvgIpc) is 3.45. The van der Waals surface area contributed by atoms with Gasteiger partial charge in [-0.15, -0.1) is 0 Å². The van der Waals surface area contributed by atoms with Crippen molar-refractivity contribution in [2.75, 3.05) is 13.2 Å². The van der Waals surface area contributed by atoms with Gasteiger partial charge in [0.2, 0.25) is 6.33 Å². The van der Waals surface area contributed by atoms with Gasteiger partial charge in [0.15, 0.2) is 0 Å². The van der Waals surface area contributed by atoms with E-state index in [4.69, 9.17) is 4.74 Å². The minimum Gasteiger partial charge on any atom is -0.507 e. The molecule has 7 nitrogen and oxygen atoms in total. The van der Waals surface area contributed by atoms with Gasteiger partial charge in [-0.05, 0) is 24.6 Å². The van der Waals surface area contributed by atoms with Crippen LogP contribution in [0.2, 0.25) is 0 Å². The number of H-pyrrole nitrogens is 1. The van der Waals surface area contributed by atoms with Gasteiger partial charge in [-0.3, -0.25) is 14.6 Å². The van der Waals surface area contributed by atoms with Crippen molar-refractivity contribution in [3.05, 3.63) is 102 Å². The van der Waals surface area contributed by atoms with Crippen molar-refractivity contribution in [3.63, 3.8) is 0 Å². The Morgan fingerprint density at radius 2 is 2.03 bits per heavy atom. The third kappa shape index (κ3) is 4.78. The third-order valence-corrected chi connectivity index (χ3v) is 5.82. The first-order valence-corrected chi connectivity index (χ1v) is 11.2. The molecule has 7 heteroatoms. The summed E-state index contributed by atoms with van der Waals surface area (Å²) in [5.41, 5.74) is 2.31. The number of nitrogens with one attached hydrogen (secondary N) is 1. The number of amides is 1. The van der Waals surface area contributed by atoms with Gasteiger partial charge in [0.05, 0.1) is 18.2 Å². The molecule has 1 amide bonds. The van der Waals surface area contributed by atoms with Crippen LogP contribution in [0.15, 0.2) is 85.5 Å². The number of aromatic nitrogens is 2. The number of benzene rings is 2. The topological polar surface area (TPSA) is 86.5 Å². The van der Waals surface area contributed by atoms with Crippen molar-refractivity contribution in [2.45, 2.75) is 25.9 Å². The Balaban J connectivity index is 1.73. The first-order valence-electron chi connectivity index (χ1n) is 11.2. The van der Waals surface area contributed by atoms with Gasteiger partial charge in [0, 0.05) is 18.5 Å². The molecule has 1 aromatic heterocycles. The van der Waals surface area contributed by atoms with Crippen molar-refractivity contribution < 1.29 is 24.0 Å². The molecule has 1 fully saturated rings. The Labute approximate surface area is 198 Å². The molecule has 0 spiro atoms. The second-order valence-corrected chi connectivity index (χ2v) is 8.23. The van der Waals surface area contributed by atoms with E-state index in [-0.39, 0.29) is 11.3 Å². The number of Topliss-reactive ketones (excluding diaryl/α,β-unsaturated/α-hetero) is 1. The van der Waals surface area contributed by atoms with Crippen LogP contribution in [-0.4, -0.2) is 39.8 Å². The molecule has 1 aliphatic heterocycles. The Bertz CT molecular complexity index is 1210. The van der Waals surface area contributed by atoms with Crippen LogP contribution in [0.5, 0.6) is 5.75 Å². The van der Waals surface area contributed by atoms with Crippen molar-refractivity contribution >= 4 is 17.4 Å². The highest BCUT2D eigenvalue weighted by Crippen LogP contribution is 2.40. The number of nitrogens with zero attached hydrogens (tertiary/aromatic N) is 2. The number of carbonyl (C=O) groups is 2. The number of aliphatic hydroxyl groups excluding tert-OH is 1. The summed E-state index contributed by atoms with van der Waals surface area (Å²) in [6, 6.07) is 13.8. The molecule has 174 valence electrons. The standard InChI is InChI=1S/C27H27N3O4/c1-3-16-34-22-7-4-6-21(17-22)24-23(25(31)20-10-8-19(2)9-11-20)26(32)27(33)30(24)14-5-13-29-15-12-28-18-29/h3-4,6-12,15,17-18,24H,1,5,13-14,16H2,2H3,(H,31,32)/p+1. The summed E-state index contributed by atoms with van der Waals surface area (Å²) in [4.78, 5) is 30.8. The lowest BCUT2D eigenvalue weighted by Gasteiger charge is -2.25. The van der Waals surface area contributed by atoms with Gasteiger partial charge in [-0.25, -0.2) is 4.57 Å². The van der Waals surface area contributed by atoms with Gasteiger partial charge in [0.25, 0.3) is 11.7 Å². The summed E-state index contributed by atoms with van der Waals surface area (Å²) in [5, 5.41) is 11.2. The number of aromatic amines is 1. The first kappa shape index (κ1) is 23.0. The maximum absolute atomic E-state index is 13.2. The fraction of sp³-hybridized carbons (Fsp3) is 0.222. The fourth-order valence-corrected chi connectivity index (χ4v) is 4.14. The number of aliphatic hydroxyl groups is 1. The van der Waals surface area contributed by atoms with E-state index in [1.807, 2.05) is 60.5 Å². The maximum atomic E-state index is 13.2. The lowest BCUT2D eigenvalue weighted by atomic mass is 9.95. The Kier molecular flexibility index (Phi) is 6.92. The molecule has 4 rings (SSSR count). The molecule has 0 bridgehead atoms. The molecular weight excluding hydrogens is 430 g/mol. The third-order valence-electron chi connectivity index (χ3n) is 5.82. The summed E-state index contributed by atoms with van der Waals surface area (Å²) in [6.45, 7) is 6.99. The molecular formula is C27H28N3O4+. The number of rotatable bonds is 9. The molecule has 1 saturated heterocycles. The molecule has 1 unspecified atom stereocenters. The second kappa shape index (κ2) is 10.2. The normalized spacial score (nSPS) is 17.2. The van der Waals surface area contributed by atoms with E-state index >= 15 is 0 Å². The summed E-state index contributed by atoms with van der Waals surface area (Å²) in [5.74, 6) is -0.880. The monoisotopic (exact) mass is 458 g/mol. The Morgan fingerprint density at radius 1 is 1.24 bits per heavy atom. The first-order chi connectivity index (χ1) is 16.5. The molecule has 2 aromatic carbocycles. The summed E-state index contributed by atoms with van der Waals surface area (Å²) in [7, 11) is 0. The van der Waals surface area contributed by atoms with Crippen LogP contribution in [0.4, 0.5) is 0 Å². The van der Waals surface area contributed by atoms with Crippen LogP contribution >= 0.6 is 0 Å². The molecule has 0 radical (unpaired) electrons. The number of ketones is 1. The van der Waals surface area contributed by atoms with Gasteiger partial charge < -0.3 is 14.7 Å². The zero-order valence-corrected chi connectivity index (χ0v) is 19.1. The quantitative estimate of drug-likeness (QED) is 0.168. The Hall–Kier alpha value is -4.13. The SMILES string of the molecule is C=CCOc1cccc(C2C(=C(O)c3ccc(C)cc3)C(=O)C(=O)N2CCC[n+]2cc[nH]c2)c1. The summed E-state index contributed by atoms with van der Waals surface area (Å²) < 4.78 is 7.65. The van der Waals surface area contributed by atoms with E-state index in [0.29, 0.717) is 43.0 Å². The van der Waals surface area contributed by atoms with E-state index in [9.17, 15) is 14.7 Å². The number of hydrogen-bond donors (Lipinski definition) is 2. The average molecular weight is 459 g/mol. The van der Waals surface area contributed by atoms with Gasteiger partial charge in [-0.2, -0.15) is 0 Å². The zero-order valence-electron chi connectivity index (χ0n) is 19.1. The summed E-state index contributed by atoms with van der Waals surface area (Å²) in [6.07, 6.45) is 7.85. The predicted octanol–water partition coefficient (Wildman–Crippen LogP) is 3.69. The van der Waals surface area contributed by atoms with Crippen LogP contribution in [0.1, 0.15) is 29.2 Å². The number of carbonyl (C=O) groups excluding carboxylic acids is 2. The van der Waals surface area contributed by atoms with Crippen LogP contribution < -0.4 is 9.30 Å². The number of hydrogen-bond acceptors (Lipinski definition) is 4. The maximum Gasteiger partial charge on any atom is 0.295 e. The van der Waals surface area contributed by atoms with Gasteiger partial charge in [-0.1, -0.05) is 54.6 Å². The van der Waals surface area contributed by atoms with E-state index in [1.54, 1.807) is 29.2 Å². The smallest absolute Gasteiger partial charge is 0.295 e. The minimum atomic E-state index is -0.718. The molecule has 3 aromatic rings. The highest BCUT2D eigenvalue weighted by Gasteiger charge is 2.46. The lowest BCUT2D eigenvalue weighted by Crippen LogP contribution is -2.36. The van der Waals surface area contributed by atoms with Crippen molar-refractivity contribution in [1.82, 2.24) is 9.88 Å². The van der Waals surface area contributed by atoms with Gasteiger partial charge >= 0.3 is 0 Å². The van der Waals surface area contributed by atoms with Crippen LogP contribution in [0.25, 0.3) is 5.76 Å². The number of imidazole rings is 1. The lowest BCUT2D eigenvalue weighted by molar-refractivity contribution is -0.695. The Morgan fingerprint density at radius 3 is 2.74 bits per heavy atom. The molecule has 1 atom stereocenters. The zero-order chi connectivity index (χ0) is 24.1. The van der Waals surface area contributed by atoms with E-state index in [2.05, 4.69) is 11.6 Å². The van der Waals surface area contributed by atoms with Crippen molar-refractivity contribution in [2.24, 2.45) is 0 Å². The van der Waals surface area contributed by atoms with E-state index in [0.717, 1.165) is 5.56 Å².